The summed E-state index contributed by atoms with van der Waals surface area (Å²) in [5.41, 5.74) is 2.34. The molecule has 26 heavy (non-hydrogen) atoms. The second-order valence-electron chi connectivity index (χ2n) is 6.19. The predicted octanol–water partition coefficient (Wildman–Crippen LogP) is 1.89. The molecule has 0 saturated carbocycles. The highest BCUT2D eigenvalue weighted by Gasteiger charge is 2.30. The van der Waals surface area contributed by atoms with Crippen LogP contribution in [-0.4, -0.2) is 45.3 Å². The third-order valence-corrected chi connectivity index (χ3v) is 6.75. The Morgan fingerprint density at radius 2 is 1.96 bits per heavy atom. The minimum Gasteiger partial charge on any atom is -0.395 e. The van der Waals surface area contributed by atoms with E-state index in [1.165, 1.54) is 4.31 Å². The summed E-state index contributed by atoms with van der Waals surface area (Å²) < 4.78 is 31.9. The summed E-state index contributed by atoms with van der Waals surface area (Å²) in [6.45, 7) is 4.36. The highest BCUT2D eigenvalue weighted by molar-refractivity contribution is 7.89. The third-order valence-electron chi connectivity index (χ3n) is 4.73. The number of para-hydroxylation sites is 1. The lowest BCUT2D eigenvalue weighted by atomic mass is 10.2. The molecule has 0 aliphatic carbocycles. The van der Waals surface area contributed by atoms with Gasteiger partial charge in [-0.2, -0.15) is 9.40 Å². The molecule has 0 bridgehead atoms. The minimum absolute atomic E-state index is 0.0277. The van der Waals surface area contributed by atoms with Crippen molar-refractivity contribution >= 4 is 20.9 Å². The first-order valence-corrected chi connectivity index (χ1v) is 10.0. The van der Waals surface area contributed by atoms with Crippen LogP contribution in [0.3, 0.4) is 0 Å². The van der Waals surface area contributed by atoms with E-state index in [-0.39, 0.29) is 19.7 Å². The molecule has 3 rings (SSSR count). The molecule has 0 atom stereocenters. The highest BCUT2D eigenvalue weighted by atomic mass is 32.2. The van der Waals surface area contributed by atoms with Gasteiger partial charge in [0.05, 0.1) is 18.8 Å². The van der Waals surface area contributed by atoms with E-state index >= 15 is 0 Å². The van der Waals surface area contributed by atoms with Crippen LogP contribution in [0.15, 0.2) is 41.4 Å². The summed E-state index contributed by atoms with van der Waals surface area (Å²) in [5, 5.41) is 14.4. The van der Waals surface area contributed by atoms with Gasteiger partial charge >= 0.3 is 0 Å². The van der Waals surface area contributed by atoms with E-state index in [9.17, 15) is 13.5 Å². The normalized spacial score (nSPS) is 12.3. The zero-order valence-electron chi connectivity index (χ0n) is 15.3. The number of hydrogen-bond acceptors (Lipinski definition) is 4. The average molecular weight is 376 g/mol. The number of nitrogens with zero attached hydrogens (tertiary/aromatic N) is 4. The molecule has 0 spiro atoms. The van der Waals surface area contributed by atoms with E-state index in [0.717, 1.165) is 11.2 Å². The second kappa shape index (κ2) is 7.22. The summed E-state index contributed by atoms with van der Waals surface area (Å²) >= 11 is 0. The van der Waals surface area contributed by atoms with Crippen molar-refractivity contribution in [2.24, 2.45) is 7.05 Å². The predicted molar refractivity (Wildman–Crippen MR) is 100 cm³/mol. The van der Waals surface area contributed by atoms with Crippen molar-refractivity contribution in [3.63, 3.8) is 0 Å². The molecule has 140 valence electrons. The van der Waals surface area contributed by atoms with Crippen molar-refractivity contribution in [2.75, 3.05) is 13.2 Å². The monoisotopic (exact) mass is 376 g/mol. The van der Waals surface area contributed by atoms with Gasteiger partial charge in [-0.1, -0.05) is 18.2 Å². The number of sulfonamides is 1. The Labute approximate surface area is 153 Å². The molecule has 2 aromatic heterocycles. The maximum Gasteiger partial charge on any atom is 0.245 e. The summed E-state index contributed by atoms with van der Waals surface area (Å²) in [4.78, 5) is 0.298. The molecule has 0 saturated heterocycles. The fourth-order valence-corrected chi connectivity index (χ4v) is 5.14. The van der Waals surface area contributed by atoms with Gasteiger partial charge in [0.2, 0.25) is 10.0 Å². The van der Waals surface area contributed by atoms with Crippen LogP contribution >= 0.6 is 0 Å². The van der Waals surface area contributed by atoms with Crippen LogP contribution in [0.5, 0.6) is 0 Å². The topological polar surface area (TPSA) is 80.4 Å². The molecule has 1 aromatic carbocycles. The quantitative estimate of drug-likeness (QED) is 0.683. The number of fused-ring (bicyclic) bond motifs is 1. The number of rotatable bonds is 7. The van der Waals surface area contributed by atoms with Gasteiger partial charge in [-0.15, -0.1) is 0 Å². The maximum absolute atomic E-state index is 13.5. The molecule has 0 fully saturated rings. The Balaban J connectivity index is 2.11. The molecule has 0 radical (unpaired) electrons. The number of aromatic nitrogens is 3. The molecule has 2 heterocycles. The van der Waals surface area contributed by atoms with E-state index in [1.807, 2.05) is 42.8 Å². The van der Waals surface area contributed by atoms with Crippen molar-refractivity contribution < 1.29 is 13.5 Å². The number of aryl methyl sites for hydroxylation is 2. The van der Waals surface area contributed by atoms with Gasteiger partial charge in [-0.05, 0) is 26.0 Å². The lowest BCUT2D eigenvalue weighted by Crippen LogP contribution is -2.34. The van der Waals surface area contributed by atoms with Gasteiger partial charge in [-0.3, -0.25) is 4.68 Å². The average Bonchev–Trinajstić information content (AvgIpc) is 3.18. The molecule has 0 amide bonds. The fraction of sp³-hybridized carbons (Fsp3) is 0.389. The van der Waals surface area contributed by atoms with Crippen molar-refractivity contribution in [3.05, 3.63) is 47.9 Å². The second-order valence-corrected chi connectivity index (χ2v) is 8.07. The zero-order valence-corrected chi connectivity index (χ0v) is 16.1. The van der Waals surface area contributed by atoms with Gasteiger partial charge < -0.3 is 9.67 Å². The summed E-state index contributed by atoms with van der Waals surface area (Å²) in [5.74, 6) is 0. The van der Waals surface area contributed by atoms with E-state index in [4.69, 9.17) is 0 Å². The van der Waals surface area contributed by atoms with Crippen molar-refractivity contribution in [3.8, 4) is 0 Å². The van der Waals surface area contributed by atoms with Crippen LogP contribution in [0.25, 0.3) is 10.9 Å². The van der Waals surface area contributed by atoms with Gasteiger partial charge in [0.25, 0.3) is 0 Å². The Hall–Kier alpha value is -2.16. The third kappa shape index (κ3) is 3.04. The molecule has 0 aliphatic heterocycles. The van der Waals surface area contributed by atoms with Crippen LogP contribution in [-0.2, 0) is 30.2 Å². The first kappa shape index (κ1) is 18.6. The number of hydrogen-bond donors (Lipinski definition) is 1. The van der Waals surface area contributed by atoms with E-state index in [0.29, 0.717) is 22.5 Å². The molecule has 3 aromatic rings. The molecule has 1 N–H and O–H groups in total. The largest absolute Gasteiger partial charge is 0.395 e. The van der Waals surface area contributed by atoms with Crippen molar-refractivity contribution in [1.82, 2.24) is 18.7 Å². The van der Waals surface area contributed by atoms with Gasteiger partial charge in [0.15, 0.2) is 0 Å². The van der Waals surface area contributed by atoms with E-state index in [1.54, 1.807) is 23.9 Å². The standard InChI is InChI=1S/C18H24N4O3S/c1-4-22-15(9-10-19-22)13-21(11-12-23)26(24,25)18-14(2)20(3)17-8-6-5-7-16(17)18/h5-10,23H,4,11-13H2,1-3H3. The molecule has 0 unspecified atom stereocenters. The Morgan fingerprint density at radius 1 is 1.23 bits per heavy atom. The molecule has 8 heteroatoms. The SMILES string of the molecule is CCn1nccc1CN(CCO)S(=O)(=O)c1c(C)n(C)c2ccccc12. The smallest absolute Gasteiger partial charge is 0.245 e. The van der Waals surface area contributed by atoms with Gasteiger partial charge in [-0.25, -0.2) is 8.42 Å². The van der Waals surface area contributed by atoms with Crippen LogP contribution in [0.4, 0.5) is 0 Å². The van der Waals surface area contributed by atoms with E-state index in [2.05, 4.69) is 5.10 Å². The first-order valence-electron chi connectivity index (χ1n) is 8.57. The number of aliphatic hydroxyl groups excluding tert-OH is 1. The van der Waals surface area contributed by atoms with Gasteiger partial charge in [0, 0.05) is 42.9 Å². The van der Waals surface area contributed by atoms with Crippen LogP contribution in [0, 0.1) is 6.92 Å². The van der Waals surface area contributed by atoms with E-state index < -0.39 is 10.0 Å². The van der Waals surface area contributed by atoms with Crippen molar-refractivity contribution in [2.45, 2.75) is 31.8 Å². The van der Waals surface area contributed by atoms with Crippen LogP contribution < -0.4 is 0 Å². The Morgan fingerprint density at radius 3 is 2.65 bits per heavy atom. The zero-order chi connectivity index (χ0) is 18.9. The Bertz CT molecular complexity index is 1020. The fourth-order valence-electron chi connectivity index (χ4n) is 3.30. The summed E-state index contributed by atoms with van der Waals surface area (Å²) in [6, 6.07) is 9.26. The molecular formula is C18H24N4O3S. The van der Waals surface area contributed by atoms with Crippen molar-refractivity contribution in [1.29, 1.82) is 0 Å². The number of benzene rings is 1. The maximum atomic E-state index is 13.5. The minimum atomic E-state index is -3.79. The summed E-state index contributed by atoms with van der Waals surface area (Å²) in [7, 11) is -1.93. The van der Waals surface area contributed by atoms with Crippen LogP contribution in [0.2, 0.25) is 0 Å². The molecule has 0 aliphatic rings. The summed E-state index contributed by atoms with van der Waals surface area (Å²) in [6.07, 6.45) is 1.66. The lowest BCUT2D eigenvalue weighted by molar-refractivity contribution is 0.249. The first-order chi connectivity index (χ1) is 12.4. The Kier molecular flexibility index (Phi) is 5.17. The molecular weight excluding hydrogens is 352 g/mol. The lowest BCUT2D eigenvalue weighted by Gasteiger charge is -2.22. The number of aliphatic hydroxyl groups is 1. The van der Waals surface area contributed by atoms with Crippen LogP contribution in [0.1, 0.15) is 18.3 Å². The molecule has 7 nitrogen and oxygen atoms in total. The highest BCUT2D eigenvalue weighted by Crippen LogP contribution is 2.31. The van der Waals surface area contributed by atoms with Gasteiger partial charge in [0.1, 0.15) is 4.90 Å².